The fraction of sp³-hybridized carbons (Fsp3) is 0.400. The van der Waals surface area contributed by atoms with E-state index in [4.69, 9.17) is 16.7 Å². The lowest BCUT2D eigenvalue weighted by atomic mass is 10.3. The number of amides is 1. The van der Waals surface area contributed by atoms with Crippen LogP contribution in [0.25, 0.3) is 5.69 Å². The average molecular weight is 321 g/mol. The maximum Gasteiger partial charge on any atom is 0.293 e. The summed E-state index contributed by atoms with van der Waals surface area (Å²) in [5.41, 5.74) is 0.800. The summed E-state index contributed by atoms with van der Waals surface area (Å²) in [6.07, 6.45) is 1.95. The van der Waals surface area contributed by atoms with Crippen molar-refractivity contribution >= 4 is 17.5 Å². The molecule has 1 amide bonds. The zero-order valence-electron chi connectivity index (χ0n) is 12.2. The maximum atomic E-state index is 12.5. The molecular weight excluding hydrogens is 304 g/mol. The average Bonchev–Trinajstić information content (AvgIpc) is 3.27. The first-order valence-corrected chi connectivity index (χ1v) is 7.59. The lowest BCUT2D eigenvalue weighted by Crippen LogP contribution is -2.36. The van der Waals surface area contributed by atoms with Crippen molar-refractivity contribution in [3.8, 4) is 5.69 Å². The van der Waals surface area contributed by atoms with Gasteiger partial charge in [-0.25, -0.2) is 9.67 Å². The molecule has 116 valence electrons. The van der Waals surface area contributed by atoms with Crippen LogP contribution in [0.3, 0.4) is 0 Å². The molecule has 0 bridgehead atoms. The number of halogens is 1. The number of aliphatic hydroxyl groups is 1. The second-order valence-corrected chi connectivity index (χ2v) is 5.76. The largest absolute Gasteiger partial charge is 0.395 e. The number of nitrogens with zero attached hydrogens (tertiary/aromatic N) is 4. The first-order valence-electron chi connectivity index (χ1n) is 7.21. The highest BCUT2D eigenvalue weighted by molar-refractivity contribution is 6.30. The van der Waals surface area contributed by atoms with Crippen LogP contribution in [0.5, 0.6) is 0 Å². The monoisotopic (exact) mass is 320 g/mol. The Labute approximate surface area is 133 Å². The van der Waals surface area contributed by atoms with Crippen molar-refractivity contribution in [1.82, 2.24) is 19.7 Å². The van der Waals surface area contributed by atoms with Crippen LogP contribution >= 0.6 is 11.6 Å². The molecule has 0 spiro atoms. The molecule has 1 aromatic heterocycles. The molecule has 6 nitrogen and oxygen atoms in total. The highest BCUT2D eigenvalue weighted by Crippen LogP contribution is 2.27. The molecule has 3 rings (SSSR count). The molecule has 22 heavy (non-hydrogen) atoms. The van der Waals surface area contributed by atoms with Gasteiger partial charge < -0.3 is 10.0 Å². The number of carbonyl (C=O) groups excluding carboxylic acids is 1. The second-order valence-electron chi connectivity index (χ2n) is 5.32. The van der Waals surface area contributed by atoms with Crippen molar-refractivity contribution in [1.29, 1.82) is 0 Å². The summed E-state index contributed by atoms with van der Waals surface area (Å²) in [5, 5.41) is 14.1. The van der Waals surface area contributed by atoms with Crippen molar-refractivity contribution in [3.05, 3.63) is 40.9 Å². The van der Waals surface area contributed by atoms with Crippen LogP contribution < -0.4 is 0 Å². The third-order valence-electron chi connectivity index (χ3n) is 3.62. The number of carbonyl (C=O) groups is 1. The Hall–Kier alpha value is -1.92. The van der Waals surface area contributed by atoms with Crippen molar-refractivity contribution in [2.45, 2.75) is 25.8 Å². The Morgan fingerprint density at radius 1 is 1.41 bits per heavy atom. The van der Waals surface area contributed by atoms with Crippen molar-refractivity contribution in [2.24, 2.45) is 0 Å². The molecule has 1 saturated carbocycles. The summed E-state index contributed by atoms with van der Waals surface area (Å²) in [5.74, 6) is 0.561. The number of benzene rings is 1. The highest BCUT2D eigenvalue weighted by atomic mass is 35.5. The topological polar surface area (TPSA) is 71.2 Å². The van der Waals surface area contributed by atoms with Gasteiger partial charge in [-0.1, -0.05) is 11.6 Å². The van der Waals surface area contributed by atoms with E-state index in [1.807, 2.05) is 12.1 Å². The molecule has 0 unspecified atom stereocenters. The van der Waals surface area contributed by atoms with E-state index in [1.54, 1.807) is 28.6 Å². The van der Waals surface area contributed by atoms with E-state index in [0.717, 1.165) is 18.5 Å². The predicted octanol–water partition coefficient (Wildman–Crippen LogP) is 1.83. The highest BCUT2D eigenvalue weighted by Gasteiger charge is 2.34. The van der Waals surface area contributed by atoms with Crippen LogP contribution in [-0.4, -0.2) is 49.9 Å². The van der Waals surface area contributed by atoms with E-state index in [-0.39, 0.29) is 24.4 Å². The molecule has 0 radical (unpaired) electrons. The van der Waals surface area contributed by atoms with Crippen LogP contribution in [0.2, 0.25) is 5.02 Å². The quantitative estimate of drug-likeness (QED) is 0.912. The van der Waals surface area contributed by atoms with E-state index in [1.165, 1.54) is 0 Å². The van der Waals surface area contributed by atoms with Crippen LogP contribution in [0, 0.1) is 6.92 Å². The third-order valence-corrected chi connectivity index (χ3v) is 3.87. The standard InChI is InChI=1S/C15H17ClN4O2/c1-10-17-14(15(22)19(8-9-21)12-6-7-12)18-20(10)13-4-2-11(16)3-5-13/h2-5,12,21H,6-9H2,1H3. The lowest BCUT2D eigenvalue weighted by Gasteiger charge is -2.19. The molecule has 0 aliphatic heterocycles. The first kappa shape index (κ1) is 15.0. The lowest BCUT2D eigenvalue weighted by molar-refractivity contribution is 0.0695. The SMILES string of the molecule is Cc1nc(C(=O)N(CCO)C2CC2)nn1-c1ccc(Cl)cc1. The van der Waals surface area contributed by atoms with E-state index in [9.17, 15) is 4.79 Å². The molecule has 7 heteroatoms. The number of aryl methyl sites for hydroxylation is 1. The predicted molar refractivity (Wildman–Crippen MR) is 82.3 cm³/mol. The molecule has 1 heterocycles. The van der Waals surface area contributed by atoms with Gasteiger partial charge in [-0.2, -0.15) is 0 Å². The summed E-state index contributed by atoms with van der Waals surface area (Å²) in [6, 6.07) is 7.39. The van der Waals surface area contributed by atoms with Crippen molar-refractivity contribution in [3.63, 3.8) is 0 Å². The van der Waals surface area contributed by atoms with Gasteiger partial charge in [0.1, 0.15) is 5.82 Å². The fourth-order valence-corrected chi connectivity index (χ4v) is 2.51. The number of rotatable bonds is 5. The molecule has 1 aliphatic rings. The second kappa shape index (κ2) is 6.06. The number of aromatic nitrogens is 3. The van der Waals surface area contributed by atoms with Gasteiger partial charge >= 0.3 is 0 Å². The molecule has 0 saturated heterocycles. The van der Waals surface area contributed by atoms with Crippen molar-refractivity contribution < 1.29 is 9.90 Å². The van der Waals surface area contributed by atoms with E-state index in [0.29, 0.717) is 17.4 Å². The van der Waals surface area contributed by atoms with Crippen LogP contribution in [0.15, 0.2) is 24.3 Å². The Morgan fingerprint density at radius 3 is 2.68 bits per heavy atom. The summed E-state index contributed by atoms with van der Waals surface area (Å²) in [7, 11) is 0. The molecule has 2 aromatic rings. The summed E-state index contributed by atoms with van der Waals surface area (Å²) in [6.45, 7) is 2.06. The summed E-state index contributed by atoms with van der Waals surface area (Å²) < 4.78 is 1.62. The molecule has 1 N–H and O–H groups in total. The molecule has 1 aliphatic carbocycles. The van der Waals surface area contributed by atoms with E-state index < -0.39 is 0 Å². The zero-order chi connectivity index (χ0) is 15.7. The maximum absolute atomic E-state index is 12.5. The molecular formula is C15H17ClN4O2. The number of hydrogen-bond donors (Lipinski definition) is 1. The zero-order valence-corrected chi connectivity index (χ0v) is 13.0. The Balaban J connectivity index is 1.87. The van der Waals surface area contributed by atoms with Gasteiger partial charge in [0, 0.05) is 17.6 Å². The van der Waals surface area contributed by atoms with Gasteiger partial charge in [0.2, 0.25) is 5.82 Å². The van der Waals surface area contributed by atoms with Gasteiger partial charge in [-0.3, -0.25) is 4.79 Å². The van der Waals surface area contributed by atoms with Gasteiger partial charge in [-0.05, 0) is 44.0 Å². The molecule has 1 fully saturated rings. The molecule has 0 atom stereocenters. The Morgan fingerprint density at radius 2 is 2.09 bits per heavy atom. The Kier molecular flexibility index (Phi) is 4.13. The van der Waals surface area contributed by atoms with Crippen molar-refractivity contribution in [2.75, 3.05) is 13.2 Å². The van der Waals surface area contributed by atoms with Crippen LogP contribution in [0.4, 0.5) is 0 Å². The molecule has 1 aromatic carbocycles. The van der Waals surface area contributed by atoms with Crippen LogP contribution in [0.1, 0.15) is 29.3 Å². The number of aliphatic hydroxyl groups excluding tert-OH is 1. The summed E-state index contributed by atoms with van der Waals surface area (Å²) in [4.78, 5) is 18.4. The number of hydrogen-bond acceptors (Lipinski definition) is 4. The minimum atomic E-state index is -0.229. The van der Waals surface area contributed by atoms with Crippen LogP contribution in [-0.2, 0) is 0 Å². The van der Waals surface area contributed by atoms with Gasteiger partial charge in [-0.15, -0.1) is 5.10 Å². The van der Waals surface area contributed by atoms with Gasteiger partial charge in [0.25, 0.3) is 5.91 Å². The minimum absolute atomic E-state index is 0.0564. The first-order chi connectivity index (χ1) is 10.6. The van der Waals surface area contributed by atoms with Gasteiger partial charge in [0.05, 0.1) is 12.3 Å². The van der Waals surface area contributed by atoms with Gasteiger partial charge in [0.15, 0.2) is 0 Å². The minimum Gasteiger partial charge on any atom is -0.395 e. The summed E-state index contributed by atoms with van der Waals surface area (Å²) >= 11 is 5.88. The normalized spacial score (nSPS) is 14.1. The van der Waals surface area contributed by atoms with E-state index >= 15 is 0 Å². The smallest absolute Gasteiger partial charge is 0.293 e. The van der Waals surface area contributed by atoms with E-state index in [2.05, 4.69) is 10.1 Å². The third kappa shape index (κ3) is 2.98. The Bertz CT molecular complexity index is 679. The fourth-order valence-electron chi connectivity index (χ4n) is 2.38.